The van der Waals surface area contributed by atoms with E-state index in [1.54, 1.807) is 9.80 Å². The van der Waals surface area contributed by atoms with Gasteiger partial charge in [0.2, 0.25) is 17.7 Å². The minimum atomic E-state index is -4.98. The van der Waals surface area contributed by atoms with Crippen LogP contribution in [-0.2, 0) is 14.2 Å². The molecule has 3 amide bonds. The first-order valence-electron chi connectivity index (χ1n) is 13.8. The number of nitrogens with zero attached hydrogens (tertiary/aromatic N) is 3. The van der Waals surface area contributed by atoms with E-state index in [0.29, 0.717) is 54.6 Å². The second-order valence-electron chi connectivity index (χ2n) is 11.1. The molecule has 6 rings (SSSR count). The van der Waals surface area contributed by atoms with Crippen molar-refractivity contribution < 1.29 is 37.5 Å². The van der Waals surface area contributed by atoms with Crippen LogP contribution >= 0.6 is 18.9 Å². The molecule has 0 radical (unpaired) electrons. The normalized spacial score (nSPS) is 23.8. The Hall–Kier alpha value is -3.25. The van der Waals surface area contributed by atoms with Crippen LogP contribution in [-0.4, -0.2) is 73.5 Å². The predicted molar refractivity (Wildman–Crippen MR) is 150 cm³/mol. The quantitative estimate of drug-likeness (QED) is 0.357. The number of aromatic nitrogens is 1. The summed E-state index contributed by atoms with van der Waals surface area (Å²) in [6, 6.07) is 6.89. The number of benzene rings is 1. The second-order valence-corrected chi connectivity index (χ2v) is 13.8. The van der Waals surface area contributed by atoms with E-state index >= 15 is 0 Å². The zero-order valence-electron chi connectivity index (χ0n) is 22.4. The Morgan fingerprint density at radius 1 is 1.12 bits per heavy atom. The number of pyridine rings is 1. The van der Waals surface area contributed by atoms with Gasteiger partial charge in [-0.2, -0.15) is 0 Å². The largest absolute Gasteiger partial charge is 0.363 e. The summed E-state index contributed by atoms with van der Waals surface area (Å²) in [5.74, 6) is -4.03. The Balaban J connectivity index is 1.14. The van der Waals surface area contributed by atoms with Gasteiger partial charge in [0.05, 0.1) is 10.6 Å². The molecule has 222 valence electrons. The van der Waals surface area contributed by atoms with Crippen molar-refractivity contribution in [3.05, 3.63) is 64.5 Å². The Morgan fingerprint density at radius 2 is 1.90 bits per heavy atom. The number of carbonyl (C=O) groups is 3. The number of hydrogen-bond acceptors (Lipinski definition) is 6. The highest BCUT2D eigenvalue weighted by Crippen LogP contribution is 2.53. The number of likely N-dealkylation sites (tertiary alicyclic amines) is 1. The molecule has 3 saturated heterocycles. The Kier molecular flexibility index (Phi) is 7.63. The Bertz CT molecular complexity index is 1610. The van der Waals surface area contributed by atoms with Gasteiger partial charge in [0.15, 0.2) is 0 Å². The van der Waals surface area contributed by atoms with E-state index in [0.717, 1.165) is 17.8 Å². The number of thiophene rings is 1. The smallest absolute Gasteiger partial charge is 0.340 e. The number of hydrogen-bond donors (Lipinski definition) is 3. The zero-order chi connectivity index (χ0) is 29.8. The minimum Gasteiger partial charge on any atom is -0.340 e. The molecular formula is C28H29F2N4O6PS. The molecular weight excluding hydrogens is 589 g/mol. The summed E-state index contributed by atoms with van der Waals surface area (Å²) >= 11 is 1.12. The van der Waals surface area contributed by atoms with E-state index in [1.807, 2.05) is 0 Å². The van der Waals surface area contributed by atoms with Crippen molar-refractivity contribution in [1.82, 2.24) is 20.1 Å². The molecule has 1 unspecified atom stereocenters. The Labute approximate surface area is 243 Å². The van der Waals surface area contributed by atoms with E-state index in [2.05, 4.69) is 10.3 Å². The van der Waals surface area contributed by atoms with Gasteiger partial charge >= 0.3 is 7.60 Å². The third kappa shape index (κ3) is 5.34. The van der Waals surface area contributed by atoms with E-state index < -0.39 is 37.3 Å². The van der Waals surface area contributed by atoms with Crippen molar-refractivity contribution in [1.29, 1.82) is 0 Å². The van der Waals surface area contributed by atoms with Gasteiger partial charge in [-0.05, 0) is 73.4 Å². The molecule has 0 saturated carbocycles. The summed E-state index contributed by atoms with van der Waals surface area (Å²) in [4.78, 5) is 66.4. The molecule has 3 aliphatic rings. The molecule has 5 heterocycles. The summed E-state index contributed by atoms with van der Waals surface area (Å²) in [5, 5.41) is 3.27. The summed E-state index contributed by atoms with van der Waals surface area (Å²) in [6.07, 6.45) is 4.58. The average Bonchev–Trinajstić information content (AvgIpc) is 3.52. The van der Waals surface area contributed by atoms with Crippen LogP contribution in [0.5, 0.6) is 0 Å². The lowest BCUT2D eigenvalue weighted by Gasteiger charge is -2.42. The van der Waals surface area contributed by atoms with Crippen molar-refractivity contribution in [2.24, 2.45) is 0 Å². The highest BCUT2D eigenvalue weighted by Gasteiger charge is 2.48. The molecule has 4 atom stereocenters. The van der Waals surface area contributed by atoms with Gasteiger partial charge in [0, 0.05) is 35.9 Å². The van der Waals surface area contributed by atoms with E-state index in [9.17, 15) is 27.7 Å². The number of nitrogens with one attached hydrogen (secondary N) is 1. The molecule has 0 bridgehead atoms. The van der Waals surface area contributed by atoms with Crippen molar-refractivity contribution in [2.45, 2.75) is 62.1 Å². The fourth-order valence-electron chi connectivity index (χ4n) is 6.22. The van der Waals surface area contributed by atoms with Crippen LogP contribution in [0, 0.1) is 5.82 Å². The number of fused-ring (bicyclic) bond motifs is 2. The topological polar surface area (TPSA) is 140 Å². The molecule has 3 aliphatic heterocycles. The van der Waals surface area contributed by atoms with Crippen LogP contribution in [0.15, 0.2) is 42.6 Å². The second kappa shape index (κ2) is 11.1. The van der Waals surface area contributed by atoms with Gasteiger partial charge in [-0.25, -0.2) is 8.78 Å². The molecule has 3 fully saturated rings. The van der Waals surface area contributed by atoms with Crippen molar-refractivity contribution >= 4 is 46.7 Å². The molecule has 10 nitrogen and oxygen atoms in total. The van der Waals surface area contributed by atoms with Crippen LogP contribution in [0.3, 0.4) is 0 Å². The van der Waals surface area contributed by atoms with Gasteiger partial charge in [-0.15, -0.1) is 11.3 Å². The lowest BCUT2D eigenvalue weighted by atomic mass is 9.94. The monoisotopic (exact) mass is 618 g/mol. The van der Waals surface area contributed by atoms with Gasteiger partial charge in [0.25, 0.3) is 5.91 Å². The van der Waals surface area contributed by atoms with Crippen LogP contribution in [0.25, 0.3) is 10.1 Å². The van der Waals surface area contributed by atoms with Crippen molar-refractivity contribution in [2.75, 3.05) is 13.1 Å². The first-order chi connectivity index (χ1) is 20.0. The van der Waals surface area contributed by atoms with Crippen molar-refractivity contribution in [3.8, 4) is 0 Å². The fourth-order valence-corrected chi connectivity index (χ4v) is 7.72. The van der Waals surface area contributed by atoms with E-state index in [-0.39, 0.29) is 34.2 Å². The van der Waals surface area contributed by atoms with Gasteiger partial charge in [-0.3, -0.25) is 23.9 Å². The molecule has 3 aromatic rings. The van der Waals surface area contributed by atoms with E-state index in [4.69, 9.17) is 9.79 Å². The molecule has 1 aromatic carbocycles. The van der Waals surface area contributed by atoms with Gasteiger partial charge < -0.3 is 24.9 Å². The zero-order valence-corrected chi connectivity index (χ0v) is 24.1. The third-order valence-electron chi connectivity index (χ3n) is 8.38. The number of halogens is 2. The number of amides is 3. The van der Waals surface area contributed by atoms with Gasteiger partial charge in [-0.1, -0.05) is 6.07 Å². The maximum Gasteiger partial charge on any atom is 0.363 e. The molecule has 14 heteroatoms. The third-order valence-corrected chi connectivity index (χ3v) is 10.4. The summed E-state index contributed by atoms with van der Waals surface area (Å²) < 4.78 is 40.3. The fraction of sp³-hybridized carbons (Fsp3) is 0.429. The number of alkyl halides is 1. The highest BCUT2D eigenvalue weighted by atomic mass is 32.1. The van der Waals surface area contributed by atoms with Gasteiger partial charge in [0.1, 0.15) is 17.9 Å². The van der Waals surface area contributed by atoms with Crippen LogP contribution in [0.2, 0.25) is 0 Å². The number of rotatable bonds is 6. The molecule has 2 aromatic heterocycles. The maximum atomic E-state index is 14.2. The minimum absolute atomic E-state index is 0.0934. The summed E-state index contributed by atoms with van der Waals surface area (Å²) in [5.41, 5.74) is 0.150. The molecule has 3 N–H and O–H groups in total. The molecule has 0 spiro atoms. The summed E-state index contributed by atoms with van der Waals surface area (Å²) in [7, 11) is -4.98. The maximum absolute atomic E-state index is 14.2. The van der Waals surface area contributed by atoms with Crippen LogP contribution in [0.1, 0.15) is 64.9 Å². The lowest BCUT2D eigenvalue weighted by molar-refractivity contribution is -0.148. The SMILES string of the molecule is O=C(N[C@H]1CCC[C@H]2CC[C@@H](C(=O)N3CC(c4ncccc4F)C3)N2C1=O)c1cc2cc(C(F)P(=O)(O)O)ccc2s1. The van der Waals surface area contributed by atoms with Crippen LogP contribution < -0.4 is 5.32 Å². The number of carbonyl (C=O) groups excluding carboxylic acids is 3. The lowest BCUT2D eigenvalue weighted by Crippen LogP contribution is -2.58. The van der Waals surface area contributed by atoms with Crippen molar-refractivity contribution in [3.63, 3.8) is 0 Å². The predicted octanol–water partition coefficient (Wildman–Crippen LogP) is 3.85. The summed E-state index contributed by atoms with van der Waals surface area (Å²) in [6.45, 7) is 0.669. The highest BCUT2D eigenvalue weighted by molar-refractivity contribution is 7.51. The standard InChI is InChI=1S/C28H29F2N4O6PS/c29-19-4-2-10-31-24(19)17-13-33(14-17)28(37)21-8-7-18-3-1-5-20(27(36)34(18)21)32-26(35)23-12-16-11-15(6-9-22(16)42-23)25(30)41(38,39)40/h2,4,6,9-12,17-18,20-21,25H,1,3,5,7-8,13-14H2,(H,32,35)(H2,38,39,40)/t18-,20-,21-,25?/m0/s1. The molecule has 42 heavy (non-hydrogen) atoms. The van der Waals surface area contributed by atoms with Crippen LogP contribution in [0.4, 0.5) is 8.78 Å². The van der Waals surface area contributed by atoms with E-state index in [1.165, 1.54) is 42.6 Å². The first kappa shape index (κ1) is 28.9. The Morgan fingerprint density at radius 3 is 2.64 bits per heavy atom. The average molecular weight is 619 g/mol. The molecule has 0 aliphatic carbocycles. The first-order valence-corrected chi connectivity index (χ1v) is 16.3.